The highest BCUT2D eigenvalue weighted by molar-refractivity contribution is 5.88. The van der Waals surface area contributed by atoms with Crippen molar-refractivity contribution in [3.8, 4) is 23.7 Å². The molecule has 0 fully saturated rings. The van der Waals surface area contributed by atoms with E-state index < -0.39 is 0 Å². The molecule has 92 valence electrons. The normalized spacial score (nSPS) is 9.20. The molecule has 0 saturated carbocycles. The van der Waals surface area contributed by atoms with Gasteiger partial charge < -0.3 is 0 Å². The first-order chi connectivity index (χ1) is 9.93. The molecular weight excluding hydrogens is 240 g/mol. The molecule has 3 aromatic carbocycles. The van der Waals surface area contributed by atoms with E-state index >= 15 is 0 Å². The van der Waals surface area contributed by atoms with Crippen LogP contribution >= 0.6 is 0 Å². The summed E-state index contributed by atoms with van der Waals surface area (Å²) in [5.74, 6) is 12.0. The fourth-order valence-electron chi connectivity index (χ4n) is 2.06. The van der Waals surface area contributed by atoms with E-state index in [1.807, 2.05) is 54.6 Å². The quantitative estimate of drug-likeness (QED) is 0.525. The summed E-state index contributed by atoms with van der Waals surface area (Å²) in [5.41, 5.74) is 2.00. The van der Waals surface area contributed by atoms with Gasteiger partial charge in [-0.1, -0.05) is 66.4 Å². The molecule has 0 bridgehead atoms. The summed E-state index contributed by atoms with van der Waals surface area (Å²) in [6, 6.07) is 24.3. The van der Waals surface area contributed by atoms with Gasteiger partial charge in [-0.2, -0.15) is 0 Å². The van der Waals surface area contributed by atoms with Crippen molar-refractivity contribution in [1.82, 2.24) is 0 Å². The average molecular weight is 252 g/mol. The van der Waals surface area contributed by atoms with Gasteiger partial charge in [0, 0.05) is 11.1 Å². The Balaban J connectivity index is 1.92. The van der Waals surface area contributed by atoms with Gasteiger partial charge in [-0.25, -0.2) is 0 Å². The zero-order chi connectivity index (χ0) is 13.6. The van der Waals surface area contributed by atoms with Crippen molar-refractivity contribution >= 4 is 10.8 Å². The van der Waals surface area contributed by atoms with Gasteiger partial charge in [-0.3, -0.25) is 0 Å². The Morgan fingerprint density at radius 3 is 2.15 bits per heavy atom. The minimum Gasteiger partial charge on any atom is -0.0622 e. The van der Waals surface area contributed by atoms with Crippen molar-refractivity contribution in [2.24, 2.45) is 0 Å². The summed E-state index contributed by atoms with van der Waals surface area (Å²) in [7, 11) is 0. The van der Waals surface area contributed by atoms with Crippen LogP contribution in [-0.4, -0.2) is 0 Å². The molecule has 0 N–H and O–H groups in total. The van der Waals surface area contributed by atoms with Crippen LogP contribution in [0.1, 0.15) is 11.1 Å². The number of fused-ring (bicyclic) bond motifs is 1. The van der Waals surface area contributed by atoms with Gasteiger partial charge in [0.15, 0.2) is 0 Å². The van der Waals surface area contributed by atoms with E-state index in [0.717, 1.165) is 11.1 Å². The first-order valence-corrected chi connectivity index (χ1v) is 6.48. The largest absolute Gasteiger partial charge is 0.0622 e. The number of benzene rings is 3. The third-order valence-corrected chi connectivity index (χ3v) is 3.03. The maximum Gasteiger partial charge on any atom is 0.0334 e. The first-order valence-electron chi connectivity index (χ1n) is 6.48. The zero-order valence-electron chi connectivity index (χ0n) is 10.9. The lowest BCUT2D eigenvalue weighted by atomic mass is 10.1. The standard InChI is InChI=1S/C20H12/c1-2-9-17(10-3-1)11-4-5-12-18-14-8-15-19-13-6-7-16-20(18)19/h1-3,6-10,13-16H. The maximum absolute atomic E-state index is 3.13. The van der Waals surface area contributed by atoms with Crippen LogP contribution < -0.4 is 0 Å². The molecule has 0 unspecified atom stereocenters. The highest BCUT2D eigenvalue weighted by Gasteiger charge is 1.95. The molecule has 0 spiro atoms. The lowest BCUT2D eigenvalue weighted by Gasteiger charge is -1.98. The smallest absolute Gasteiger partial charge is 0.0334 e. The van der Waals surface area contributed by atoms with Crippen LogP contribution in [0.5, 0.6) is 0 Å². The topological polar surface area (TPSA) is 0 Å². The van der Waals surface area contributed by atoms with E-state index in [1.165, 1.54) is 10.8 Å². The number of hydrogen-bond donors (Lipinski definition) is 0. The Bertz CT molecular complexity index is 845. The lowest BCUT2D eigenvalue weighted by molar-refractivity contribution is 1.65. The molecule has 0 aliphatic carbocycles. The lowest BCUT2D eigenvalue weighted by Crippen LogP contribution is -1.78. The van der Waals surface area contributed by atoms with Gasteiger partial charge >= 0.3 is 0 Å². The van der Waals surface area contributed by atoms with Gasteiger partial charge in [0.1, 0.15) is 0 Å². The average Bonchev–Trinajstić information content (AvgIpc) is 2.53. The van der Waals surface area contributed by atoms with Gasteiger partial charge in [-0.05, 0) is 40.8 Å². The molecule has 0 heterocycles. The van der Waals surface area contributed by atoms with Gasteiger partial charge in [0.05, 0.1) is 0 Å². The molecule has 0 amide bonds. The van der Waals surface area contributed by atoms with Gasteiger partial charge in [-0.15, -0.1) is 0 Å². The maximum atomic E-state index is 3.13. The fraction of sp³-hybridized carbons (Fsp3) is 0. The van der Waals surface area contributed by atoms with Crippen molar-refractivity contribution in [2.75, 3.05) is 0 Å². The van der Waals surface area contributed by atoms with Crippen LogP contribution in [0.25, 0.3) is 10.8 Å². The highest BCUT2D eigenvalue weighted by Crippen LogP contribution is 2.17. The second kappa shape index (κ2) is 5.79. The molecule has 0 radical (unpaired) electrons. The van der Waals surface area contributed by atoms with Crippen LogP contribution in [0.3, 0.4) is 0 Å². The van der Waals surface area contributed by atoms with E-state index in [9.17, 15) is 0 Å². The van der Waals surface area contributed by atoms with Crippen molar-refractivity contribution in [3.05, 3.63) is 83.9 Å². The Labute approximate surface area is 119 Å². The fourth-order valence-corrected chi connectivity index (χ4v) is 2.06. The van der Waals surface area contributed by atoms with E-state index in [1.54, 1.807) is 0 Å². The Morgan fingerprint density at radius 1 is 0.550 bits per heavy atom. The third kappa shape index (κ3) is 2.72. The summed E-state index contributed by atoms with van der Waals surface area (Å²) in [6.45, 7) is 0. The molecule has 0 saturated heterocycles. The van der Waals surface area contributed by atoms with Crippen molar-refractivity contribution in [1.29, 1.82) is 0 Å². The molecule has 0 atom stereocenters. The van der Waals surface area contributed by atoms with Crippen molar-refractivity contribution in [2.45, 2.75) is 0 Å². The monoisotopic (exact) mass is 252 g/mol. The second-order valence-corrected chi connectivity index (χ2v) is 4.39. The summed E-state index contributed by atoms with van der Waals surface area (Å²) in [4.78, 5) is 0. The van der Waals surface area contributed by atoms with Crippen LogP contribution in [0, 0.1) is 23.7 Å². The summed E-state index contributed by atoms with van der Waals surface area (Å²) >= 11 is 0. The van der Waals surface area contributed by atoms with Gasteiger partial charge in [0.2, 0.25) is 0 Å². The summed E-state index contributed by atoms with van der Waals surface area (Å²) in [6.07, 6.45) is 0. The molecule has 3 rings (SSSR count). The van der Waals surface area contributed by atoms with Crippen LogP contribution in [-0.2, 0) is 0 Å². The second-order valence-electron chi connectivity index (χ2n) is 4.39. The van der Waals surface area contributed by atoms with Crippen molar-refractivity contribution < 1.29 is 0 Å². The minimum absolute atomic E-state index is 0.986. The van der Waals surface area contributed by atoms with E-state index in [4.69, 9.17) is 0 Å². The third-order valence-electron chi connectivity index (χ3n) is 3.03. The molecule has 0 heteroatoms. The molecular formula is C20H12. The molecule has 0 nitrogen and oxygen atoms in total. The van der Waals surface area contributed by atoms with E-state index in [0.29, 0.717) is 0 Å². The Hall–Kier alpha value is -2.96. The van der Waals surface area contributed by atoms with E-state index in [-0.39, 0.29) is 0 Å². The first kappa shape index (κ1) is 12.1. The Morgan fingerprint density at radius 2 is 1.25 bits per heavy atom. The van der Waals surface area contributed by atoms with Crippen LogP contribution in [0.15, 0.2) is 72.8 Å². The van der Waals surface area contributed by atoms with Crippen LogP contribution in [0.4, 0.5) is 0 Å². The molecule has 0 aromatic heterocycles. The predicted molar refractivity (Wildman–Crippen MR) is 84.1 cm³/mol. The number of hydrogen-bond acceptors (Lipinski definition) is 0. The highest BCUT2D eigenvalue weighted by atomic mass is 14.0. The van der Waals surface area contributed by atoms with Crippen LogP contribution in [0.2, 0.25) is 0 Å². The zero-order valence-corrected chi connectivity index (χ0v) is 10.9. The molecule has 0 aliphatic heterocycles. The Kier molecular flexibility index (Phi) is 3.50. The SMILES string of the molecule is C(C#Cc1cccc2ccccc12)#Cc1ccccc1. The van der Waals surface area contributed by atoms with E-state index in [2.05, 4.69) is 41.9 Å². The van der Waals surface area contributed by atoms with Crippen molar-refractivity contribution in [3.63, 3.8) is 0 Å². The minimum atomic E-state index is 0.986. The molecule has 20 heavy (non-hydrogen) atoms. The number of rotatable bonds is 0. The van der Waals surface area contributed by atoms with Gasteiger partial charge in [0.25, 0.3) is 0 Å². The summed E-state index contributed by atoms with van der Waals surface area (Å²) < 4.78 is 0. The molecule has 3 aromatic rings. The predicted octanol–water partition coefficient (Wildman–Crippen LogP) is 4.24. The summed E-state index contributed by atoms with van der Waals surface area (Å²) in [5, 5.41) is 2.37. The molecule has 0 aliphatic rings.